The van der Waals surface area contributed by atoms with Crippen LogP contribution in [-0.2, 0) is 6.42 Å². The first-order valence-electron chi connectivity index (χ1n) is 8.62. The number of aryl methyl sites for hydroxylation is 1. The van der Waals surface area contributed by atoms with Crippen molar-refractivity contribution in [3.8, 4) is 17.2 Å². The number of rotatable bonds is 10. The topological polar surface area (TPSA) is 97.2 Å². The molecule has 0 aromatic heterocycles. The molecule has 0 aliphatic heterocycles. The van der Waals surface area contributed by atoms with E-state index in [1.165, 1.54) is 0 Å². The molecule has 146 valence electrons. The molecule has 1 unspecified atom stereocenters. The molecule has 3 N–H and O–H groups in total. The van der Waals surface area contributed by atoms with Gasteiger partial charge in [0.15, 0.2) is 11.5 Å². The van der Waals surface area contributed by atoms with Crippen LogP contribution < -0.4 is 19.5 Å². The molecule has 0 saturated heterocycles. The molecule has 0 aliphatic rings. The first kappa shape index (κ1) is 20.4. The number of methoxy groups -OCH3 is 2. The monoisotopic (exact) mass is 375 g/mol. The summed E-state index contributed by atoms with van der Waals surface area (Å²) in [6.45, 7) is 0.474. The van der Waals surface area contributed by atoms with Gasteiger partial charge in [0.1, 0.15) is 12.4 Å². The Bertz CT molecular complexity index is 749. The fourth-order valence-corrected chi connectivity index (χ4v) is 2.65. The SMILES string of the molecule is COc1ccc(C(O)CCc2cccc(OCCNC(=O)O)c2)cc1OC. The van der Waals surface area contributed by atoms with E-state index in [2.05, 4.69) is 5.32 Å². The van der Waals surface area contributed by atoms with Crippen LogP contribution in [0.15, 0.2) is 42.5 Å². The van der Waals surface area contributed by atoms with Gasteiger partial charge in [-0.2, -0.15) is 0 Å². The summed E-state index contributed by atoms with van der Waals surface area (Å²) in [4.78, 5) is 10.4. The van der Waals surface area contributed by atoms with E-state index < -0.39 is 12.2 Å². The van der Waals surface area contributed by atoms with Gasteiger partial charge < -0.3 is 29.7 Å². The van der Waals surface area contributed by atoms with Gasteiger partial charge in [-0.1, -0.05) is 18.2 Å². The van der Waals surface area contributed by atoms with Crippen LogP contribution in [0.2, 0.25) is 0 Å². The normalized spacial score (nSPS) is 11.5. The van der Waals surface area contributed by atoms with Crippen molar-refractivity contribution >= 4 is 6.09 Å². The molecule has 0 aliphatic carbocycles. The standard InChI is InChI=1S/C20H25NO6/c1-25-18-9-7-15(13-19(18)26-2)17(22)8-6-14-4-3-5-16(12-14)27-11-10-21-20(23)24/h3-5,7,9,12-13,17,21-22H,6,8,10-11H2,1-2H3,(H,23,24). The Morgan fingerprint density at radius 2 is 1.89 bits per heavy atom. The van der Waals surface area contributed by atoms with Crippen LogP contribution in [0, 0.1) is 0 Å². The van der Waals surface area contributed by atoms with E-state index in [-0.39, 0.29) is 13.2 Å². The van der Waals surface area contributed by atoms with Crippen LogP contribution in [-0.4, -0.2) is 43.7 Å². The van der Waals surface area contributed by atoms with E-state index in [9.17, 15) is 9.90 Å². The van der Waals surface area contributed by atoms with Crippen molar-refractivity contribution in [2.24, 2.45) is 0 Å². The Kier molecular flexibility index (Phi) is 7.76. The van der Waals surface area contributed by atoms with Crippen LogP contribution in [0.4, 0.5) is 4.79 Å². The minimum absolute atomic E-state index is 0.220. The number of aliphatic hydroxyl groups excluding tert-OH is 1. The van der Waals surface area contributed by atoms with E-state index in [0.29, 0.717) is 30.1 Å². The van der Waals surface area contributed by atoms with Crippen LogP contribution >= 0.6 is 0 Å². The zero-order valence-corrected chi connectivity index (χ0v) is 15.5. The lowest BCUT2D eigenvalue weighted by molar-refractivity contribution is 0.167. The largest absolute Gasteiger partial charge is 0.493 e. The van der Waals surface area contributed by atoms with Crippen LogP contribution in [0.1, 0.15) is 23.7 Å². The Labute approximate surface area is 158 Å². The van der Waals surface area contributed by atoms with E-state index in [1.807, 2.05) is 30.3 Å². The summed E-state index contributed by atoms with van der Waals surface area (Å²) < 4.78 is 16.0. The van der Waals surface area contributed by atoms with Crippen LogP contribution in [0.3, 0.4) is 0 Å². The van der Waals surface area contributed by atoms with Gasteiger partial charge in [0.2, 0.25) is 0 Å². The van der Waals surface area contributed by atoms with Crippen molar-refractivity contribution in [3.63, 3.8) is 0 Å². The van der Waals surface area contributed by atoms with E-state index in [1.54, 1.807) is 26.4 Å². The minimum atomic E-state index is -1.07. The first-order chi connectivity index (χ1) is 13.0. The minimum Gasteiger partial charge on any atom is -0.493 e. The number of nitrogens with one attached hydrogen (secondary N) is 1. The highest BCUT2D eigenvalue weighted by Crippen LogP contribution is 2.31. The average molecular weight is 375 g/mol. The third-order valence-corrected chi connectivity index (χ3v) is 4.04. The Morgan fingerprint density at radius 3 is 2.59 bits per heavy atom. The van der Waals surface area contributed by atoms with Crippen molar-refractivity contribution in [2.75, 3.05) is 27.4 Å². The van der Waals surface area contributed by atoms with Gasteiger partial charge >= 0.3 is 6.09 Å². The number of hydrogen-bond acceptors (Lipinski definition) is 5. The summed E-state index contributed by atoms with van der Waals surface area (Å²) in [5, 5.41) is 21.2. The molecule has 0 spiro atoms. The van der Waals surface area contributed by atoms with Gasteiger partial charge in [-0.05, 0) is 48.2 Å². The maximum Gasteiger partial charge on any atom is 0.404 e. The second-order valence-corrected chi connectivity index (χ2v) is 5.90. The van der Waals surface area contributed by atoms with E-state index in [4.69, 9.17) is 19.3 Å². The number of amides is 1. The molecule has 7 heteroatoms. The van der Waals surface area contributed by atoms with Crippen LogP contribution in [0.5, 0.6) is 17.2 Å². The molecule has 0 heterocycles. The number of aliphatic hydroxyl groups is 1. The van der Waals surface area contributed by atoms with Gasteiger partial charge in [-0.3, -0.25) is 0 Å². The molecule has 2 rings (SSSR count). The maximum atomic E-state index is 10.5. The predicted octanol–water partition coefficient (Wildman–Crippen LogP) is 3.02. The number of carbonyl (C=O) groups is 1. The molecule has 0 bridgehead atoms. The molecular weight excluding hydrogens is 350 g/mol. The molecule has 1 amide bonds. The third-order valence-electron chi connectivity index (χ3n) is 4.04. The molecule has 1 atom stereocenters. The smallest absolute Gasteiger partial charge is 0.404 e. The third kappa shape index (κ3) is 6.38. The molecule has 7 nitrogen and oxygen atoms in total. The highest BCUT2D eigenvalue weighted by Gasteiger charge is 2.12. The number of benzene rings is 2. The van der Waals surface area contributed by atoms with E-state index >= 15 is 0 Å². The fourth-order valence-electron chi connectivity index (χ4n) is 2.65. The second-order valence-electron chi connectivity index (χ2n) is 5.90. The van der Waals surface area contributed by atoms with Gasteiger partial charge in [-0.15, -0.1) is 0 Å². The summed E-state index contributed by atoms with van der Waals surface area (Å²) in [6, 6.07) is 12.9. The van der Waals surface area contributed by atoms with Crippen molar-refractivity contribution in [2.45, 2.75) is 18.9 Å². The maximum absolute atomic E-state index is 10.5. The van der Waals surface area contributed by atoms with E-state index in [0.717, 1.165) is 11.1 Å². The summed E-state index contributed by atoms with van der Waals surface area (Å²) in [5.41, 5.74) is 1.79. The summed E-state index contributed by atoms with van der Waals surface area (Å²) in [5.74, 6) is 1.87. The quantitative estimate of drug-likeness (QED) is 0.552. The van der Waals surface area contributed by atoms with Gasteiger partial charge in [0, 0.05) is 0 Å². The molecule has 27 heavy (non-hydrogen) atoms. The molecule has 2 aromatic rings. The van der Waals surface area contributed by atoms with Gasteiger partial charge in [0.25, 0.3) is 0 Å². The molecule has 2 aromatic carbocycles. The molecular formula is C20H25NO6. The molecule has 0 fully saturated rings. The van der Waals surface area contributed by atoms with Crippen molar-refractivity contribution < 1.29 is 29.2 Å². The lowest BCUT2D eigenvalue weighted by atomic mass is 10.0. The highest BCUT2D eigenvalue weighted by atomic mass is 16.5. The fraction of sp³-hybridized carbons (Fsp3) is 0.350. The van der Waals surface area contributed by atoms with Crippen molar-refractivity contribution in [1.82, 2.24) is 5.32 Å². The number of hydrogen-bond donors (Lipinski definition) is 3. The Balaban J connectivity index is 1.90. The first-order valence-corrected chi connectivity index (χ1v) is 8.62. The number of carboxylic acid groups (broad SMARTS) is 1. The highest BCUT2D eigenvalue weighted by molar-refractivity contribution is 5.64. The predicted molar refractivity (Wildman–Crippen MR) is 101 cm³/mol. The van der Waals surface area contributed by atoms with Crippen molar-refractivity contribution in [1.29, 1.82) is 0 Å². The molecule has 0 radical (unpaired) electrons. The lowest BCUT2D eigenvalue weighted by Crippen LogP contribution is -2.26. The summed E-state index contributed by atoms with van der Waals surface area (Å²) >= 11 is 0. The summed E-state index contributed by atoms with van der Waals surface area (Å²) in [7, 11) is 3.13. The zero-order valence-electron chi connectivity index (χ0n) is 15.5. The van der Waals surface area contributed by atoms with Crippen LogP contribution in [0.25, 0.3) is 0 Å². The lowest BCUT2D eigenvalue weighted by Gasteiger charge is -2.14. The molecule has 0 saturated carbocycles. The van der Waals surface area contributed by atoms with Crippen molar-refractivity contribution in [3.05, 3.63) is 53.6 Å². The Hall–Kier alpha value is -2.93. The van der Waals surface area contributed by atoms with Gasteiger partial charge in [-0.25, -0.2) is 4.79 Å². The zero-order chi connectivity index (χ0) is 19.6. The average Bonchev–Trinajstić information content (AvgIpc) is 2.69. The Morgan fingerprint density at radius 1 is 1.11 bits per heavy atom. The number of ether oxygens (including phenoxy) is 3. The second kappa shape index (κ2) is 10.3. The van der Waals surface area contributed by atoms with Gasteiger partial charge in [0.05, 0.1) is 26.9 Å². The summed E-state index contributed by atoms with van der Waals surface area (Å²) in [6.07, 6.45) is -0.495.